The lowest BCUT2D eigenvalue weighted by Gasteiger charge is -2.05. The van der Waals surface area contributed by atoms with Gasteiger partial charge in [-0.15, -0.1) is 0 Å². The van der Waals surface area contributed by atoms with E-state index in [2.05, 4.69) is 16.4 Å². The van der Waals surface area contributed by atoms with Crippen molar-refractivity contribution in [3.63, 3.8) is 0 Å². The van der Waals surface area contributed by atoms with Crippen LogP contribution in [0, 0.1) is 5.82 Å². The maximum Gasteiger partial charge on any atom is 0.251 e. The second-order valence-corrected chi connectivity index (χ2v) is 6.75. The number of nitrogens with zero attached hydrogens (tertiary/aromatic N) is 1. The molecule has 5 heteroatoms. The van der Waals surface area contributed by atoms with Crippen LogP contribution in [0.2, 0.25) is 0 Å². The topological polar surface area (TPSA) is 48.8 Å². The fraction of sp³-hybridized carbons (Fsp3) is 0.130. The molecule has 0 saturated heterocycles. The largest absolute Gasteiger partial charge is 0.361 e. The van der Waals surface area contributed by atoms with Crippen LogP contribution in [0.5, 0.6) is 0 Å². The van der Waals surface area contributed by atoms with Crippen LogP contribution < -0.4 is 9.88 Å². The van der Waals surface area contributed by atoms with Gasteiger partial charge in [0, 0.05) is 41.3 Å². The van der Waals surface area contributed by atoms with E-state index >= 15 is 0 Å². The number of aromatic nitrogens is 2. The van der Waals surface area contributed by atoms with Gasteiger partial charge in [0.05, 0.1) is 5.56 Å². The Morgan fingerprint density at radius 2 is 1.86 bits per heavy atom. The average Bonchev–Trinajstić information content (AvgIpc) is 3.12. The molecule has 2 aromatic heterocycles. The van der Waals surface area contributed by atoms with Gasteiger partial charge in [0.1, 0.15) is 5.82 Å². The normalized spacial score (nSPS) is 10.9. The molecule has 2 N–H and O–H groups in total. The van der Waals surface area contributed by atoms with Crippen molar-refractivity contribution in [1.29, 1.82) is 0 Å². The van der Waals surface area contributed by atoms with Crippen molar-refractivity contribution in [2.45, 2.75) is 13.0 Å². The molecule has 28 heavy (non-hydrogen) atoms. The Balaban J connectivity index is 1.33. The highest BCUT2D eigenvalue weighted by atomic mass is 19.1. The summed E-state index contributed by atoms with van der Waals surface area (Å²) in [6, 6.07) is 18.2. The smallest absolute Gasteiger partial charge is 0.251 e. The van der Waals surface area contributed by atoms with E-state index in [-0.39, 0.29) is 11.7 Å². The quantitative estimate of drug-likeness (QED) is 0.498. The predicted octanol–water partition coefficient (Wildman–Crippen LogP) is 3.62. The van der Waals surface area contributed by atoms with Crippen LogP contribution >= 0.6 is 0 Å². The molecule has 0 aliphatic rings. The molecular formula is C23H21FN3O+. The van der Waals surface area contributed by atoms with E-state index in [9.17, 15) is 9.18 Å². The van der Waals surface area contributed by atoms with Gasteiger partial charge >= 0.3 is 0 Å². The van der Waals surface area contributed by atoms with E-state index in [1.807, 2.05) is 47.4 Å². The number of rotatable bonds is 6. The van der Waals surface area contributed by atoms with Crippen LogP contribution in [0.3, 0.4) is 0 Å². The summed E-state index contributed by atoms with van der Waals surface area (Å²) in [5.41, 5.74) is 3.78. The van der Waals surface area contributed by atoms with Crippen LogP contribution in [0.15, 0.2) is 79.3 Å². The molecule has 4 aromatic rings. The average molecular weight is 374 g/mol. The molecule has 0 saturated carbocycles. The number of hydrogen-bond acceptors (Lipinski definition) is 1. The number of amides is 1. The highest BCUT2D eigenvalue weighted by molar-refractivity contribution is 5.93. The highest BCUT2D eigenvalue weighted by Crippen LogP contribution is 2.17. The Kier molecular flexibility index (Phi) is 5.15. The van der Waals surface area contributed by atoms with Crippen molar-refractivity contribution in [2.24, 2.45) is 0 Å². The van der Waals surface area contributed by atoms with Gasteiger partial charge in [-0.05, 0) is 30.2 Å². The van der Waals surface area contributed by atoms with Crippen molar-refractivity contribution in [2.75, 3.05) is 6.54 Å². The summed E-state index contributed by atoms with van der Waals surface area (Å²) in [4.78, 5) is 15.6. The van der Waals surface area contributed by atoms with Gasteiger partial charge in [-0.2, -0.15) is 0 Å². The van der Waals surface area contributed by atoms with E-state index in [0.717, 1.165) is 17.5 Å². The van der Waals surface area contributed by atoms with Gasteiger partial charge in [0.15, 0.2) is 18.9 Å². The van der Waals surface area contributed by atoms with Gasteiger partial charge in [-0.25, -0.2) is 8.96 Å². The molecule has 0 radical (unpaired) electrons. The van der Waals surface area contributed by atoms with Crippen LogP contribution in [0.25, 0.3) is 10.9 Å². The number of H-pyrrole nitrogens is 1. The Bertz CT molecular complexity index is 1100. The molecule has 0 atom stereocenters. The Labute approximate surface area is 162 Å². The highest BCUT2D eigenvalue weighted by Gasteiger charge is 2.10. The van der Waals surface area contributed by atoms with Crippen molar-refractivity contribution >= 4 is 16.8 Å². The van der Waals surface area contributed by atoms with E-state index in [4.69, 9.17) is 0 Å². The Morgan fingerprint density at radius 3 is 2.68 bits per heavy atom. The lowest BCUT2D eigenvalue weighted by atomic mass is 10.1. The molecule has 1 amide bonds. The van der Waals surface area contributed by atoms with E-state index < -0.39 is 0 Å². The number of pyridine rings is 1. The molecule has 2 aromatic carbocycles. The minimum Gasteiger partial charge on any atom is -0.361 e. The first-order valence-corrected chi connectivity index (χ1v) is 9.26. The number of benzene rings is 2. The number of carbonyl (C=O) groups is 1. The predicted molar refractivity (Wildman–Crippen MR) is 106 cm³/mol. The fourth-order valence-electron chi connectivity index (χ4n) is 3.31. The van der Waals surface area contributed by atoms with Gasteiger partial charge < -0.3 is 10.3 Å². The molecule has 0 bridgehead atoms. The molecular weight excluding hydrogens is 353 g/mol. The van der Waals surface area contributed by atoms with Crippen LogP contribution in [-0.4, -0.2) is 17.4 Å². The van der Waals surface area contributed by atoms with Crippen molar-refractivity contribution < 1.29 is 13.8 Å². The number of para-hydroxylation sites is 1. The third-order valence-corrected chi connectivity index (χ3v) is 4.76. The molecule has 0 unspecified atom stereocenters. The number of aromatic amines is 1. The van der Waals surface area contributed by atoms with Gasteiger partial charge in [-0.1, -0.05) is 30.3 Å². The van der Waals surface area contributed by atoms with E-state index in [0.29, 0.717) is 18.7 Å². The second-order valence-electron chi connectivity index (χ2n) is 6.75. The van der Waals surface area contributed by atoms with Gasteiger partial charge in [-0.3, -0.25) is 4.79 Å². The zero-order valence-electron chi connectivity index (χ0n) is 15.4. The third kappa shape index (κ3) is 4.09. The third-order valence-electron chi connectivity index (χ3n) is 4.76. The molecule has 4 rings (SSSR count). The maximum absolute atomic E-state index is 13.3. The molecule has 0 spiro atoms. The molecule has 2 heterocycles. The second kappa shape index (κ2) is 8.05. The van der Waals surface area contributed by atoms with Crippen molar-refractivity contribution in [1.82, 2.24) is 10.3 Å². The fourth-order valence-corrected chi connectivity index (χ4v) is 3.31. The molecule has 0 aliphatic heterocycles. The number of carbonyl (C=O) groups excluding carboxylic acids is 1. The summed E-state index contributed by atoms with van der Waals surface area (Å²) in [6.07, 6.45) is 6.43. The standard InChI is InChI=1S/C23H20FN3O/c24-20-5-3-4-17(14-20)16-27-12-9-18(10-13-27)23(28)25-11-8-19-15-26-22-7-2-1-6-21(19)22/h1-7,9-10,12-15,26H,8,11,16H2/p+1. The van der Waals surface area contributed by atoms with Crippen LogP contribution in [-0.2, 0) is 13.0 Å². The zero-order valence-corrected chi connectivity index (χ0v) is 15.4. The van der Waals surface area contributed by atoms with E-state index in [1.165, 1.54) is 23.1 Å². The lowest BCUT2D eigenvalue weighted by Crippen LogP contribution is -2.34. The summed E-state index contributed by atoms with van der Waals surface area (Å²) in [5.74, 6) is -0.345. The Hall–Kier alpha value is -3.47. The monoisotopic (exact) mass is 374 g/mol. The number of fused-ring (bicyclic) bond motifs is 1. The first-order valence-electron chi connectivity index (χ1n) is 9.26. The SMILES string of the molecule is O=C(NCCc1c[nH]c2ccccc12)c1cc[n+](Cc2cccc(F)c2)cc1. The number of halogens is 1. The minimum atomic E-state index is -0.246. The summed E-state index contributed by atoms with van der Waals surface area (Å²) in [6.45, 7) is 1.12. The first kappa shape index (κ1) is 17.9. The van der Waals surface area contributed by atoms with Gasteiger partial charge in [0.25, 0.3) is 5.91 Å². The Morgan fingerprint density at radius 1 is 1.04 bits per heavy atom. The minimum absolute atomic E-state index is 0.0993. The molecule has 0 fully saturated rings. The zero-order chi connectivity index (χ0) is 19.3. The molecule has 4 nitrogen and oxygen atoms in total. The lowest BCUT2D eigenvalue weighted by molar-refractivity contribution is -0.688. The molecule has 140 valence electrons. The maximum atomic E-state index is 13.3. The summed E-state index contributed by atoms with van der Waals surface area (Å²) in [7, 11) is 0. The molecule has 0 aliphatic carbocycles. The summed E-state index contributed by atoms with van der Waals surface area (Å²) in [5, 5.41) is 4.16. The number of nitrogens with one attached hydrogen (secondary N) is 2. The summed E-state index contributed by atoms with van der Waals surface area (Å²) >= 11 is 0. The number of hydrogen-bond donors (Lipinski definition) is 2. The summed E-state index contributed by atoms with van der Waals surface area (Å²) < 4.78 is 15.2. The van der Waals surface area contributed by atoms with Crippen molar-refractivity contribution in [3.8, 4) is 0 Å². The van der Waals surface area contributed by atoms with E-state index in [1.54, 1.807) is 18.2 Å². The van der Waals surface area contributed by atoms with Crippen LogP contribution in [0.1, 0.15) is 21.5 Å². The first-order chi connectivity index (χ1) is 13.7. The van der Waals surface area contributed by atoms with Gasteiger partial charge in [0.2, 0.25) is 0 Å². The van der Waals surface area contributed by atoms with Crippen molar-refractivity contribution in [3.05, 3.63) is 102 Å². The van der Waals surface area contributed by atoms with Crippen LogP contribution in [0.4, 0.5) is 4.39 Å².